The van der Waals surface area contributed by atoms with Crippen LogP contribution in [0, 0.1) is 5.92 Å². The van der Waals surface area contributed by atoms with Crippen molar-refractivity contribution < 1.29 is 19.3 Å². The number of aliphatic carboxylic acids is 1. The van der Waals surface area contributed by atoms with Gasteiger partial charge in [-0.25, -0.2) is 9.42 Å². The molecule has 2 saturated carbocycles. The number of hydrogen-bond donors (Lipinski definition) is 3. The number of rotatable bonds is 7. The van der Waals surface area contributed by atoms with Crippen LogP contribution in [-0.2, 0) is 4.79 Å². The van der Waals surface area contributed by atoms with Gasteiger partial charge in [-0.3, -0.25) is 9.69 Å². The molecule has 2 aliphatic carbocycles. The first kappa shape index (κ1) is 16.8. The largest absolute Gasteiger partial charge is 0.480 e. The predicted molar refractivity (Wildman–Crippen MR) is 92.7 cm³/mol. The summed E-state index contributed by atoms with van der Waals surface area (Å²) in [6.07, 6.45) is 3.91. The average molecular weight is 359 g/mol. The van der Waals surface area contributed by atoms with Crippen LogP contribution in [0.25, 0.3) is 11.0 Å². The zero-order valence-corrected chi connectivity index (χ0v) is 14.2. The van der Waals surface area contributed by atoms with Crippen LogP contribution in [0.1, 0.15) is 25.7 Å². The van der Waals surface area contributed by atoms with Gasteiger partial charge >= 0.3 is 12.0 Å². The molecular weight excluding hydrogens is 338 g/mol. The number of benzene rings is 1. The van der Waals surface area contributed by atoms with E-state index in [1.165, 1.54) is 12.8 Å². The van der Waals surface area contributed by atoms with Gasteiger partial charge in [-0.15, -0.1) is 0 Å². The van der Waals surface area contributed by atoms with Gasteiger partial charge in [-0.1, -0.05) is 6.07 Å². The zero-order chi connectivity index (χ0) is 18.1. The summed E-state index contributed by atoms with van der Waals surface area (Å²) in [6, 6.07) is 5.21. The van der Waals surface area contributed by atoms with E-state index in [9.17, 15) is 9.59 Å². The van der Waals surface area contributed by atoms with Crippen molar-refractivity contribution in [2.75, 3.05) is 18.4 Å². The third-order valence-electron chi connectivity index (χ3n) is 5.03. The third kappa shape index (κ3) is 3.77. The Morgan fingerprint density at radius 3 is 2.81 bits per heavy atom. The summed E-state index contributed by atoms with van der Waals surface area (Å²) in [5.41, 5.74) is 1.63. The first-order valence-corrected chi connectivity index (χ1v) is 8.83. The van der Waals surface area contributed by atoms with Crippen molar-refractivity contribution >= 4 is 28.7 Å². The quantitative estimate of drug-likeness (QED) is 0.687. The number of fused-ring (bicyclic) bond motifs is 1. The Labute approximate surface area is 149 Å². The number of nitrogens with one attached hydrogen (secondary N) is 2. The van der Waals surface area contributed by atoms with Crippen LogP contribution in [0.3, 0.4) is 0 Å². The van der Waals surface area contributed by atoms with Crippen molar-refractivity contribution in [3.8, 4) is 0 Å². The molecule has 1 heterocycles. The number of amides is 2. The molecule has 0 unspecified atom stereocenters. The van der Waals surface area contributed by atoms with Crippen LogP contribution in [0.2, 0.25) is 0 Å². The number of anilines is 1. The van der Waals surface area contributed by atoms with Gasteiger partial charge in [0.15, 0.2) is 5.52 Å². The van der Waals surface area contributed by atoms with Crippen LogP contribution >= 0.6 is 0 Å². The molecule has 0 saturated heterocycles. The van der Waals surface area contributed by atoms with E-state index in [-0.39, 0.29) is 24.7 Å². The number of urea groups is 1. The Morgan fingerprint density at radius 2 is 2.08 bits per heavy atom. The summed E-state index contributed by atoms with van der Waals surface area (Å²) < 4.78 is 4.68. The van der Waals surface area contributed by atoms with E-state index in [0.717, 1.165) is 19.4 Å². The van der Waals surface area contributed by atoms with E-state index < -0.39 is 5.97 Å². The summed E-state index contributed by atoms with van der Waals surface area (Å²) in [7, 11) is 0. The molecule has 9 nitrogen and oxygen atoms in total. The minimum Gasteiger partial charge on any atom is -0.480 e. The molecule has 0 spiro atoms. The van der Waals surface area contributed by atoms with Crippen LogP contribution < -0.4 is 10.6 Å². The summed E-state index contributed by atoms with van der Waals surface area (Å²) in [4.78, 5) is 25.3. The summed E-state index contributed by atoms with van der Waals surface area (Å²) in [6.45, 7) is 0.915. The van der Waals surface area contributed by atoms with Crippen LogP contribution in [0.4, 0.5) is 10.5 Å². The number of carboxylic acids is 1. The molecule has 4 rings (SSSR count). The second-order valence-electron chi connectivity index (χ2n) is 7.12. The molecule has 9 heteroatoms. The monoisotopic (exact) mass is 359 g/mol. The van der Waals surface area contributed by atoms with Gasteiger partial charge in [0.1, 0.15) is 5.52 Å². The van der Waals surface area contributed by atoms with E-state index in [1.807, 2.05) is 4.90 Å². The molecule has 26 heavy (non-hydrogen) atoms. The first-order valence-electron chi connectivity index (χ1n) is 8.83. The predicted octanol–water partition coefficient (Wildman–Crippen LogP) is 1.67. The molecule has 0 bridgehead atoms. The Kier molecular flexibility index (Phi) is 4.46. The van der Waals surface area contributed by atoms with Gasteiger partial charge in [-0.2, -0.15) is 0 Å². The standard InChI is InChI=1S/C17H21N5O4/c23-15(24)9-22(8-10-4-5-10)12-6-11(7-12)18-17(25)19-13-2-1-3-14-16(13)21-26-20-14/h1-3,10-12H,4-9H2,(H,23,24)(H2,18,19,25). The maximum absolute atomic E-state index is 12.2. The number of carbonyl (C=O) groups excluding carboxylic acids is 1. The normalized spacial score (nSPS) is 22.2. The van der Waals surface area contributed by atoms with E-state index in [0.29, 0.717) is 22.6 Å². The molecule has 2 aliphatic rings. The Hall–Kier alpha value is -2.68. The minimum absolute atomic E-state index is 0.0464. The molecule has 0 aliphatic heterocycles. The lowest BCUT2D eigenvalue weighted by Crippen LogP contribution is -2.55. The fourth-order valence-corrected chi connectivity index (χ4v) is 3.40. The average Bonchev–Trinajstić information content (AvgIpc) is 3.22. The Morgan fingerprint density at radius 1 is 1.27 bits per heavy atom. The maximum atomic E-state index is 12.2. The number of carbonyl (C=O) groups is 2. The fourth-order valence-electron chi connectivity index (χ4n) is 3.40. The van der Waals surface area contributed by atoms with E-state index in [2.05, 4.69) is 25.6 Å². The van der Waals surface area contributed by atoms with Gasteiger partial charge in [0.05, 0.1) is 12.2 Å². The highest BCUT2D eigenvalue weighted by Gasteiger charge is 2.37. The smallest absolute Gasteiger partial charge is 0.319 e. The molecule has 138 valence electrons. The highest BCUT2D eigenvalue weighted by molar-refractivity contribution is 5.98. The molecule has 1 aromatic carbocycles. The highest BCUT2D eigenvalue weighted by atomic mass is 16.6. The zero-order valence-electron chi connectivity index (χ0n) is 14.2. The number of aromatic nitrogens is 2. The van der Waals surface area contributed by atoms with Gasteiger partial charge in [0.2, 0.25) is 0 Å². The summed E-state index contributed by atoms with van der Waals surface area (Å²) in [5, 5.41) is 22.3. The van der Waals surface area contributed by atoms with Gasteiger partial charge < -0.3 is 15.7 Å². The van der Waals surface area contributed by atoms with Gasteiger partial charge in [0.25, 0.3) is 0 Å². The van der Waals surface area contributed by atoms with Crippen LogP contribution in [0.15, 0.2) is 22.8 Å². The second kappa shape index (κ2) is 6.91. The lowest BCUT2D eigenvalue weighted by Gasteiger charge is -2.42. The number of nitrogens with zero attached hydrogens (tertiary/aromatic N) is 3. The fraction of sp³-hybridized carbons (Fsp3) is 0.529. The van der Waals surface area contributed by atoms with Crippen LogP contribution in [-0.4, -0.2) is 57.5 Å². The molecule has 1 aromatic heterocycles. The molecule has 2 amide bonds. The van der Waals surface area contributed by atoms with Crippen molar-refractivity contribution in [2.45, 2.75) is 37.8 Å². The maximum Gasteiger partial charge on any atom is 0.319 e. The molecule has 0 radical (unpaired) electrons. The van der Waals surface area contributed by atoms with Gasteiger partial charge in [0, 0.05) is 18.6 Å². The topological polar surface area (TPSA) is 121 Å². The number of carboxylic acid groups (broad SMARTS) is 1. The van der Waals surface area contributed by atoms with Crippen molar-refractivity contribution in [2.24, 2.45) is 5.92 Å². The van der Waals surface area contributed by atoms with E-state index in [1.54, 1.807) is 18.2 Å². The minimum atomic E-state index is -0.797. The lowest BCUT2D eigenvalue weighted by atomic mass is 9.85. The Bertz CT molecular complexity index is 812. The van der Waals surface area contributed by atoms with E-state index in [4.69, 9.17) is 5.11 Å². The van der Waals surface area contributed by atoms with E-state index >= 15 is 0 Å². The molecule has 0 atom stereocenters. The Balaban J connectivity index is 1.28. The SMILES string of the molecule is O=C(O)CN(CC1CC1)C1CC(NC(=O)Nc2cccc3nonc23)C1. The third-order valence-corrected chi connectivity index (χ3v) is 5.03. The van der Waals surface area contributed by atoms with Crippen molar-refractivity contribution in [1.29, 1.82) is 0 Å². The first-order chi connectivity index (χ1) is 12.6. The lowest BCUT2D eigenvalue weighted by molar-refractivity contribution is -0.139. The second-order valence-corrected chi connectivity index (χ2v) is 7.12. The molecule has 3 N–H and O–H groups in total. The molecule has 2 fully saturated rings. The highest BCUT2D eigenvalue weighted by Crippen LogP contribution is 2.33. The van der Waals surface area contributed by atoms with Crippen molar-refractivity contribution in [1.82, 2.24) is 20.5 Å². The number of hydrogen-bond acceptors (Lipinski definition) is 6. The summed E-state index contributed by atoms with van der Waals surface area (Å²) in [5.74, 6) is -0.157. The van der Waals surface area contributed by atoms with Gasteiger partial charge in [-0.05, 0) is 54.0 Å². The summed E-state index contributed by atoms with van der Waals surface area (Å²) >= 11 is 0. The molecule has 2 aromatic rings. The van der Waals surface area contributed by atoms with Crippen LogP contribution in [0.5, 0.6) is 0 Å². The van der Waals surface area contributed by atoms with Crippen molar-refractivity contribution in [3.05, 3.63) is 18.2 Å². The molecular formula is C17H21N5O4. The van der Waals surface area contributed by atoms with Crippen molar-refractivity contribution in [3.63, 3.8) is 0 Å².